The summed E-state index contributed by atoms with van der Waals surface area (Å²) < 4.78 is 5.72. The molecule has 4 nitrogen and oxygen atoms in total. The highest BCUT2D eigenvalue weighted by Crippen LogP contribution is 2.16. The number of hydrogen-bond acceptors (Lipinski definition) is 3. The minimum atomic E-state index is 0.243. The molecule has 1 atom stereocenters. The lowest BCUT2D eigenvalue weighted by Gasteiger charge is -2.32. The summed E-state index contributed by atoms with van der Waals surface area (Å²) in [5.74, 6) is 1.13. The highest BCUT2D eigenvalue weighted by atomic mass is 16.5. The molecule has 0 aromatic heterocycles. The van der Waals surface area contributed by atoms with Crippen molar-refractivity contribution in [3.05, 3.63) is 29.3 Å². The molecule has 1 saturated heterocycles. The van der Waals surface area contributed by atoms with Gasteiger partial charge in [-0.1, -0.05) is 6.07 Å². The summed E-state index contributed by atoms with van der Waals surface area (Å²) in [6, 6.07) is 6.50. The first-order valence-corrected chi connectivity index (χ1v) is 7.77. The van der Waals surface area contributed by atoms with Crippen LogP contribution in [0.4, 0.5) is 0 Å². The van der Waals surface area contributed by atoms with Crippen molar-refractivity contribution in [1.82, 2.24) is 10.2 Å². The Hall–Kier alpha value is -1.55. The Morgan fingerprint density at radius 3 is 2.90 bits per heavy atom. The van der Waals surface area contributed by atoms with Gasteiger partial charge in [-0.2, -0.15) is 0 Å². The van der Waals surface area contributed by atoms with Gasteiger partial charge in [0.25, 0.3) is 0 Å². The number of benzene rings is 1. The van der Waals surface area contributed by atoms with Crippen LogP contribution in [0.15, 0.2) is 18.2 Å². The molecule has 0 aliphatic carbocycles. The average molecular weight is 290 g/mol. The summed E-state index contributed by atoms with van der Waals surface area (Å²) in [4.78, 5) is 14.1. The van der Waals surface area contributed by atoms with Crippen molar-refractivity contribution in [1.29, 1.82) is 0 Å². The van der Waals surface area contributed by atoms with Gasteiger partial charge in [-0.25, -0.2) is 0 Å². The van der Waals surface area contributed by atoms with Gasteiger partial charge in [-0.15, -0.1) is 0 Å². The van der Waals surface area contributed by atoms with Crippen LogP contribution in [0.2, 0.25) is 0 Å². The van der Waals surface area contributed by atoms with Crippen LogP contribution in [0.1, 0.15) is 30.9 Å². The lowest BCUT2D eigenvalue weighted by atomic mass is 10.1. The molecule has 116 valence electrons. The lowest BCUT2D eigenvalue weighted by Crippen LogP contribution is -2.51. The van der Waals surface area contributed by atoms with Crippen LogP contribution in [0.25, 0.3) is 0 Å². The first-order chi connectivity index (χ1) is 10.1. The molecule has 21 heavy (non-hydrogen) atoms. The van der Waals surface area contributed by atoms with E-state index >= 15 is 0 Å². The van der Waals surface area contributed by atoms with E-state index in [0.717, 1.165) is 31.8 Å². The van der Waals surface area contributed by atoms with Crippen molar-refractivity contribution in [3.8, 4) is 5.75 Å². The van der Waals surface area contributed by atoms with E-state index in [1.807, 2.05) is 11.0 Å². The van der Waals surface area contributed by atoms with Gasteiger partial charge in [0, 0.05) is 32.1 Å². The molecular formula is C17H26N2O2. The van der Waals surface area contributed by atoms with Crippen LogP contribution in [-0.4, -0.2) is 43.1 Å². The smallest absolute Gasteiger partial charge is 0.222 e. The second-order valence-electron chi connectivity index (χ2n) is 5.89. The van der Waals surface area contributed by atoms with Crippen molar-refractivity contribution in [2.75, 3.05) is 26.2 Å². The Morgan fingerprint density at radius 1 is 1.38 bits per heavy atom. The van der Waals surface area contributed by atoms with E-state index < -0.39 is 0 Å². The third-order valence-corrected chi connectivity index (χ3v) is 4.00. The average Bonchev–Trinajstić information content (AvgIpc) is 2.47. The van der Waals surface area contributed by atoms with Crippen molar-refractivity contribution in [2.24, 2.45) is 0 Å². The summed E-state index contributed by atoms with van der Waals surface area (Å²) in [5, 5.41) is 3.35. The fourth-order valence-electron chi connectivity index (χ4n) is 2.53. The third kappa shape index (κ3) is 4.74. The number of aryl methyl sites for hydroxylation is 2. The van der Waals surface area contributed by atoms with Crippen LogP contribution in [0.5, 0.6) is 5.75 Å². The van der Waals surface area contributed by atoms with Crippen molar-refractivity contribution in [2.45, 2.75) is 39.7 Å². The number of carbonyl (C=O) groups excluding carboxylic acids is 1. The van der Waals surface area contributed by atoms with Gasteiger partial charge in [0.15, 0.2) is 0 Å². The molecule has 1 amide bonds. The maximum absolute atomic E-state index is 12.1. The zero-order valence-electron chi connectivity index (χ0n) is 13.3. The Kier molecular flexibility index (Phi) is 5.62. The Morgan fingerprint density at radius 2 is 2.19 bits per heavy atom. The van der Waals surface area contributed by atoms with E-state index in [0.29, 0.717) is 19.1 Å². The number of nitrogens with one attached hydrogen (secondary N) is 1. The second-order valence-corrected chi connectivity index (χ2v) is 5.89. The number of carbonyl (C=O) groups is 1. The molecule has 1 aromatic rings. The molecule has 0 radical (unpaired) electrons. The van der Waals surface area contributed by atoms with E-state index in [9.17, 15) is 4.79 Å². The Bertz CT molecular complexity index is 488. The SMILES string of the molecule is Cc1ccc(OCCCC(=O)N2CCNC(C)C2)cc1C. The molecule has 2 rings (SSSR count). The Labute approximate surface area is 127 Å². The van der Waals surface area contributed by atoms with E-state index in [4.69, 9.17) is 4.74 Å². The minimum absolute atomic E-state index is 0.243. The molecule has 1 fully saturated rings. The summed E-state index contributed by atoms with van der Waals surface area (Å²) in [6.07, 6.45) is 1.33. The first-order valence-electron chi connectivity index (χ1n) is 7.77. The van der Waals surface area contributed by atoms with E-state index in [1.54, 1.807) is 0 Å². The van der Waals surface area contributed by atoms with Crippen LogP contribution >= 0.6 is 0 Å². The van der Waals surface area contributed by atoms with Gasteiger partial charge in [0.2, 0.25) is 5.91 Å². The van der Waals surface area contributed by atoms with Gasteiger partial charge in [0.05, 0.1) is 6.61 Å². The zero-order chi connectivity index (χ0) is 15.2. The summed E-state index contributed by atoms with van der Waals surface area (Å²) in [6.45, 7) is 9.41. The number of nitrogens with zero attached hydrogens (tertiary/aromatic N) is 1. The van der Waals surface area contributed by atoms with Gasteiger partial charge >= 0.3 is 0 Å². The topological polar surface area (TPSA) is 41.6 Å². The molecule has 0 bridgehead atoms. The molecule has 1 aliphatic heterocycles. The lowest BCUT2D eigenvalue weighted by molar-refractivity contribution is -0.132. The second kappa shape index (κ2) is 7.46. The Balaban J connectivity index is 1.69. The minimum Gasteiger partial charge on any atom is -0.494 e. The summed E-state index contributed by atoms with van der Waals surface area (Å²) >= 11 is 0. The highest BCUT2D eigenvalue weighted by Gasteiger charge is 2.19. The summed E-state index contributed by atoms with van der Waals surface area (Å²) in [7, 11) is 0. The van der Waals surface area contributed by atoms with Gasteiger partial charge in [-0.05, 0) is 50.5 Å². The maximum atomic E-state index is 12.1. The zero-order valence-corrected chi connectivity index (χ0v) is 13.3. The molecule has 1 unspecified atom stereocenters. The first kappa shape index (κ1) is 15.8. The van der Waals surface area contributed by atoms with Crippen molar-refractivity contribution < 1.29 is 9.53 Å². The molecule has 1 N–H and O–H groups in total. The fourth-order valence-corrected chi connectivity index (χ4v) is 2.53. The van der Waals surface area contributed by atoms with Crippen molar-refractivity contribution >= 4 is 5.91 Å². The number of rotatable bonds is 5. The molecular weight excluding hydrogens is 264 g/mol. The van der Waals surface area contributed by atoms with E-state index in [1.165, 1.54) is 11.1 Å². The molecule has 0 spiro atoms. The van der Waals surface area contributed by atoms with Gasteiger partial charge in [-0.3, -0.25) is 4.79 Å². The third-order valence-electron chi connectivity index (χ3n) is 4.00. The van der Waals surface area contributed by atoms with Crippen molar-refractivity contribution in [3.63, 3.8) is 0 Å². The molecule has 1 aliphatic rings. The standard InChI is InChI=1S/C17H26N2O2/c1-13-6-7-16(11-14(13)2)21-10-4-5-17(20)19-9-8-18-15(3)12-19/h6-7,11,15,18H,4-5,8-10,12H2,1-3H3. The van der Waals surface area contributed by atoms with Gasteiger partial charge < -0.3 is 15.0 Å². The van der Waals surface area contributed by atoms with Crippen LogP contribution in [0.3, 0.4) is 0 Å². The normalized spacial score (nSPS) is 18.6. The van der Waals surface area contributed by atoms with Crippen LogP contribution < -0.4 is 10.1 Å². The molecule has 4 heteroatoms. The molecule has 1 heterocycles. The van der Waals surface area contributed by atoms with Crippen LogP contribution in [0, 0.1) is 13.8 Å². The number of amides is 1. The molecule has 0 saturated carbocycles. The number of ether oxygens (including phenoxy) is 1. The summed E-state index contributed by atoms with van der Waals surface area (Å²) in [5.41, 5.74) is 2.50. The predicted octanol–water partition coefficient (Wildman–Crippen LogP) is 2.28. The molecule has 1 aromatic carbocycles. The van der Waals surface area contributed by atoms with Crippen LogP contribution in [-0.2, 0) is 4.79 Å². The van der Waals surface area contributed by atoms with E-state index in [2.05, 4.69) is 38.2 Å². The number of hydrogen-bond donors (Lipinski definition) is 1. The van der Waals surface area contributed by atoms with Gasteiger partial charge in [0.1, 0.15) is 5.75 Å². The fraction of sp³-hybridized carbons (Fsp3) is 0.588. The predicted molar refractivity (Wildman–Crippen MR) is 84.7 cm³/mol. The highest BCUT2D eigenvalue weighted by molar-refractivity contribution is 5.76. The van der Waals surface area contributed by atoms with E-state index in [-0.39, 0.29) is 5.91 Å². The largest absolute Gasteiger partial charge is 0.494 e. The quantitative estimate of drug-likeness (QED) is 0.846. The number of piperazine rings is 1. The maximum Gasteiger partial charge on any atom is 0.222 e. The monoisotopic (exact) mass is 290 g/mol.